The molecule has 1 aliphatic heterocycles. The number of nitrogens with two attached hydrogens (primary N) is 1. The number of aromatic nitrogens is 3. The predicted octanol–water partition coefficient (Wildman–Crippen LogP) is 3.85. The molecule has 1 aromatic heterocycles. The Kier molecular flexibility index (Phi) is 6.03. The van der Waals surface area contributed by atoms with Crippen LogP contribution in [0.15, 0.2) is 48.8 Å². The van der Waals surface area contributed by atoms with E-state index in [1.54, 1.807) is 24.3 Å². The van der Waals surface area contributed by atoms with Gasteiger partial charge in [-0.1, -0.05) is 12.1 Å². The van der Waals surface area contributed by atoms with Crippen LogP contribution >= 0.6 is 0 Å². The maximum Gasteiger partial charge on any atom is 0.251 e. The molecule has 4 rings (SSSR count). The number of hydrogen-bond donors (Lipinski definition) is 4. The molecule has 34 heavy (non-hydrogen) atoms. The van der Waals surface area contributed by atoms with E-state index in [4.69, 9.17) is 11.1 Å². The summed E-state index contributed by atoms with van der Waals surface area (Å²) in [7, 11) is 2.15. The first-order chi connectivity index (χ1) is 16.0. The number of nitrogen functional groups attached to an aromatic ring is 1. The van der Waals surface area contributed by atoms with Gasteiger partial charge in [0.15, 0.2) is 5.82 Å². The third-order valence-electron chi connectivity index (χ3n) is 7.07. The largest absolute Gasteiger partial charge is 0.398 e. The quantitative estimate of drug-likeness (QED) is 0.341. The average molecular weight is 460 g/mol. The Balaban J connectivity index is 1.55. The fourth-order valence-corrected chi connectivity index (χ4v) is 4.98. The lowest BCUT2D eigenvalue weighted by Crippen LogP contribution is -2.62. The van der Waals surface area contributed by atoms with Crippen LogP contribution in [0.4, 0.5) is 5.69 Å². The summed E-state index contributed by atoms with van der Waals surface area (Å²) in [5.41, 5.74) is 9.40. The third kappa shape index (κ3) is 4.59. The smallest absolute Gasteiger partial charge is 0.251 e. The SMILES string of the molecule is CN1C(C)(C)CC(NC(=O)c2cccc(C(=N)c3cc(-c4ncn[nH]4)ccc3N)c2)CC1(C)C. The highest BCUT2D eigenvalue weighted by Crippen LogP contribution is 2.37. The van der Waals surface area contributed by atoms with Crippen LogP contribution in [-0.4, -0.2) is 55.9 Å². The molecule has 0 bridgehead atoms. The number of hydrogen-bond acceptors (Lipinski definition) is 6. The highest BCUT2D eigenvalue weighted by Gasteiger charge is 2.43. The van der Waals surface area contributed by atoms with Crippen LogP contribution in [0.1, 0.15) is 62.0 Å². The second-order valence-electron chi connectivity index (χ2n) is 10.4. The van der Waals surface area contributed by atoms with Gasteiger partial charge in [0.2, 0.25) is 0 Å². The first-order valence-corrected chi connectivity index (χ1v) is 11.5. The zero-order chi connectivity index (χ0) is 24.7. The van der Waals surface area contributed by atoms with Crippen molar-refractivity contribution in [3.8, 4) is 11.4 Å². The molecular formula is C26H33N7O. The monoisotopic (exact) mass is 459 g/mol. The molecular weight excluding hydrogens is 426 g/mol. The average Bonchev–Trinajstić information content (AvgIpc) is 3.32. The molecule has 0 aliphatic carbocycles. The molecule has 0 unspecified atom stereocenters. The van der Waals surface area contributed by atoms with Crippen LogP contribution in [0, 0.1) is 5.41 Å². The van der Waals surface area contributed by atoms with E-state index in [2.05, 4.69) is 60.1 Å². The van der Waals surface area contributed by atoms with Crippen molar-refractivity contribution in [2.45, 2.75) is 57.7 Å². The summed E-state index contributed by atoms with van der Waals surface area (Å²) in [6, 6.07) is 12.6. The van der Waals surface area contributed by atoms with Crippen LogP contribution in [-0.2, 0) is 0 Å². The van der Waals surface area contributed by atoms with Crippen LogP contribution in [0.2, 0.25) is 0 Å². The minimum Gasteiger partial charge on any atom is -0.398 e. The van der Waals surface area contributed by atoms with Crippen LogP contribution < -0.4 is 11.1 Å². The zero-order valence-corrected chi connectivity index (χ0v) is 20.4. The van der Waals surface area contributed by atoms with Crippen molar-refractivity contribution in [3.05, 3.63) is 65.5 Å². The Hall–Kier alpha value is -3.52. The molecule has 0 radical (unpaired) electrons. The lowest BCUT2D eigenvalue weighted by atomic mass is 9.77. The van der Waals surface area contributed by atoms with E-state index in [0.717, 1.165) is 18.4 Å². The lowest BCUT2D eigenvalue weighted by molar-refractivity contribution is -0.0169. The Bertz CT molecular complexity index is 1200. The Morgan fingerprint density at radius 3 is 2.44 bits per heavy atom. The molecule has 1 aliphatic rings. The number of nitrogens with zero attached hydrogens (tertiary/aromatic N) is 3. The Morgan fingerprint density at radius 1 is 1.12 bits per heavy atom. The van der Waals surface area contributed by atoms with Crippen molar-refractivity contribution < 1.29 is 4.79 Å². The maximum atomic E-state index is 13.2. The minimum atomic E-state index is -0.126. The van der Waals surface area contributed by atoms with Gasteiger partial charge in [0.1, 0.15) is 6.33 Å². The number of piperidine rings is 1. The molecule has 0 atom stereocenters. The highest BCUT2D eigenvalue weighted by molar-refractivity contribution is 6.15. The number of aromatic amines is 1. The topological polar surface area (TPSA) is 124 Å². The summed E-state index contributed by atoms with van der Waals surface area (Å²) in [6.45, 7) is 8.86. The molecule has 2 aromatic carbocycles. The van der Waals surface area contributed by atoms with E-state index in [1.165, 1.54) is 6.33 Å². The molecule has 1 fully saturated rings. The summed E-state index contributed by atoms with van der Waals surface area (Å²) < 4.78 is 0. The number of benzene rings is 2. The standard InChI is InChI=1S/C26H33N7O/c1-25(2)13-19(14-26(3,4)33(25)5)31-24(34)18-8-6-7-16(11-18)22(28)20-12-17(9-10-21(20)27)23-29-15-30-32-23/h6-12,15,19,28H,13-14,27H2,1-5H3,(H,31,34)(H,29,30,32). The zero-order valence-electron chi connectivity index (χ0n) is 20.4. The lowest BCUT2D eigenvalue weighted by Gasteiger charge is -2.53. The second-order valence-corrected chi connectivity index (χ2v) is 10.4. The molecule has 3 aromatic rings. The fraction of sp³-hybridized carbons (Fsp3) is 0.385. The minimum absolute atomic E-state index is 0.0181. The highest BCUT2D eigenvalue weighted by atomic mass is 16.1. The molecule has 1 saturated heterocycles. The summed E-state index contributed by atoms with van der Waals surface area (Å²) in [5.74, 6) is 0.477. The fourth-order valence-electron chi connectivity index (χ4n) is 4.98. The predicted molar refractivity (Wildman–Crippen MR) is 135 cm³/mol. The Morgan fingerprint density at radius 2 is 1.79 bits per heavy atom. The van der Waals surface area contributed by atoms with Gasteiger partial charge in [0, 0.05) is 45.1 Å². The number of amides is 1. The molecule has 0 saturated carbocycles. The van der Waals surface area contributed by atoms with Gasteiger partial charge >= 0.3 is 0 Å². The van der Waals surface area contributed by atoms with E-state index in [0.29, 0.717) is 28.2 Å². The van der Waals surface area contributed by atoms with Gasteiger partial charge in [0.25, 0.3) is 5.91 Å². The van der Waals surface area contributed by atoms with Crippen molar-refractivity contribution in [1.82, 2.24) is 25.4 Å². The van der Waals surface area contributed by atoms with Gasteiger partial charge in [-0.25, -0.2) is 4.98 Å². The molecule has 178 valence electrons. The molecule has 1 amide bonds. The number of anilines is 1. The van der Waals surface area contributed by atoms with E-state index < -0.39 is 0 Å². The number of carbonyl (C=O) groups excluding carboxylic acids is 1. The van der Waals surface area contributed by atoms with E-state index >= 15 is 0 Å². The molecule has 8 nitrogen and oxygen atoms in total. The van der Waals surface area contributed by atoms with Gasteiger partial charge in [-0.15, -0.1) is 0 Å². The van der Waals surface area contributed by atoms with Crippen LogP contribution in [0.25, 0.3) is 11.4 Å². The number of rotatable bonds is 5. The van der Waals surface area contributed by atoms with Crippen LogP contribution in [0.5, 0.6) is 0 Å². The summed E-state index contributed by atoms with van der Waals surface area (Å²) in [4.78, 5) is 19.7. The van der Waals surface area contributed by atoms with Crippen molar-refractivity contribution in [2.24, 2.45) is 0 Å². The van der Waals surface area contributed by atoms with Gasteiger partial charge in [-0.3, -0.25) is 20.2 Å². The van der Waals surface area contributed by atoms with Crippen molar-refractivity contribution in [3.63, 3.8) is 0 Å². The van der Waals surface area contributed by atoms with Gasteiger partial charge in [-0.05, 0) is 77.9 Å². The maximum absolute atomic E-state index is 13.2. The van der Waals surface area contributed by atoms with E-state index in [-0.39, 0.29) is 28.7 Å². The number of carbonyl (C=O) groups is 1. The van der Waals surface area contributed by atoms with Crippen LogP contribution in [0.3, 0.4) is 0 Å². The third-order valence-corrected chi connectivity index (χ3v) is 7.07. The molecule has 5 N–H and O–H groups in total. The summed E-state index contributed by atoms with van der Waals surface area (Å²) in [5, 5.41) is 18.7. The number of likely N-dealkylation sites (tertiary alicyclic amines) is 1. The second kappa shape index (κ2) is 8.68. The van der Waals surface area contributed by atoms with Gasteiger partial charge in [0.05, 0.1) is 5.71 Å². The van der Waals surface area contributed by atoms with Crippen molar-refractivity contribution in [1.29, 1.82) is 5.41 Å². The first-order valence-electron chi connectivity index (χ1n) is 11.5. The Labute approximate surface area is 200 Å². The molecule has 0 spiro atoms. The normalized spacial score (nSPS) is 17.9. The molecule has 2 heterocycles. The summed E-state index contributed by atoms with van der Waals surface area (Å²) >= 11 is 0. The van der Waals surface area contributed by atoms with E-state index in [1.807, 2.05) is 18.2 Å². The van der Waals surface area contributed by atoms with Gasteiger partial charge < -0.3 is 11.1 Å². The van der Waals surface area contributed by atoms with E-state index in [9.17, 15) is 4.79 Å². The van der Waals surface area contributed by atoms with Crippen molar-refractivity contribution in [2.75, 3.05) is 12.8 Å². The summed E-state index contributed by atoms with van der Waals surface area (Å²) in [6.07, 6.45) is 3.18. The number of nitrogens with one attached hydrogen (secondary N) is 3. The van der Waals surface area contributed by atoms with Gasteiger partial charge in [-0.2, -0.15) is 5.10 Å². The molecule has 8 heteroatoms. The number of H-pyrrole nitrogens is 1. The van der Waals surface area contributed by atoms with Crippen molar-refractivity contribution >= 4 is 17.3 Å². The first kappa shape index (κ1) is 23.6.